The van der Waals surface area contributed by atoms with Gasteiger partial charge in [-0.2, -0.15) is 5.10 Å². The summed E-state index contributed by atoms with van der Waals surface area (Å²) in [5.41, 5.74) is 5.01. The molecule has 2 aromatic rings. The molecular formula is C20H25N5O3S. The predicted molar refractivity (Wildman–Crippen MR) is 111 cm³/mol. The van der Waals surface area contributed by atoms with E-state index < -0.39 is 11.1 Å². The molecule has 154 valence electrons. The normalized spacial score (nSPS) is 23.4. The fourth-order valence-corrected chi connectivity index (χ4v) is 5.05. The molecule has 0 aromatic carbocycles. The maximum absolute atomic E-state index is 13.4. The minimum Gasteiger partial charge on any atom is -0.394 e. The summed E-state index contributed by atoms with van der Waals surface area (Å²) in [6, 6.07) is 5.19. The lowest BCUT2D eigenvalue weighted by molar-refractivity contribution is -0.158. The van der Waals surface area contributed by atoms with Crippen molar-refractivity contribution < 1.29 is 9.59 Å². The summed E-state index contributed by atoms with van der Waals surface area (Å²) in [6.45, 7) is 3.25. The first-order valence-corrected chi connectivity index (χ1v) is 10.7. The number of hydrogen-bond acceptors (Lipinski definition) is 6. The minimum atomic E-state index is -0.990. The second-order valence-electron chi connectivity index (χ2n) is 8.18. The van der Waals surface area contributed by atoms with Gasteiger partial charge in [-0.1, -0.05) is 18.9 Å². The molecule has 29 heavy (non-hydrogen) atoms. The summed E-state index contributed by atoms with van der Waals surface area (Å²) in [4.78, 5) is 41.1. The van der Waals surface area contributed by atoms with Crippen LogP contribution in [0.4, 0.5) is 5.69 Å². The van der Waals surface area contributed by atoms with Gasteiger partial charge >= 0.3 is 0 Å². The first-order valence-electron chi connectivity index (χ1n) is 9.83. The summed E-state index contributed by atoms with van der Waals surface area (Å²) in [7, 11) is 0. The molecule has 8 nitrogen and oxygen atoms in total. The number of anilines is 1. The number of nitrogens with zero attached hydrogens (tertiary/aromatic N) is 3. The van der Waals surface area contributed by atoms with Crippen molar-refractivity contribution in [3.05, 3.63) is 33.9 Å². The van der Waals surface area contributed by atoms with E-state index in [4.69, 9.17) is 5.73 Å². The van der Waals surface area contributed by atoms with E-state index in [0.29, 0.717) is 5.69 Å². The van der Waals surface area contributed by atoms with Crippen LogP contribution in [-0.2, 0) is 16.1 Å². The lowest BCUT2D eigenvalue weighted by atomic mass is 9.82. The van der Waals surface area contributed by atoms with Gasteiger partial charge in [-0.05, 0) is 44.2 Å². The fourth-order valence-electron chi connectivity index (χ4n) is 4.37. The van der Waals surface area contributed by atoms with Crippen LogP contribution < -0.4 is 16.6 Å². The van der Waals surface area contributed by atoms with Gasteiger partial charge in [0, 0.05) is 6.04 Å². The van der Waals surface area contributed by atoms with E-state index in [1.165, 1.54) is 17.4 Å². The number of thiophene rings is 1. The van der Waals surface area contributed by atoms with E-state index in [1.54, 1.807) is 18.7 Å². The van der Waals surface area contributed by atoms with Crippen LogP contribution in [0.15, 0.2) is 28.4 Å². The third kappa shape index (κ3) is 3.43. The molecule has 0 bridgehead atoms. The number of piperazine rings is 1. The van der Waals surface area contributed by atoms with Gasteiger partial charge in [0.05, 0.1) is 10.9 Å². The van der Waals surface area contributed by atoms with Crippen LogP contribution in [0.3, 0.4) is 0 Å². The van der Waals surface area contributed by atoms with Crippen molar-refractivity contribution in [1.82, 2.24) is 20.0 Å². The van der Waals surface area contributed by atoms with Gasteiger partial charge < -0.3 is 16.0 Å². The maximum atomic E-state index is 13.4. The summed E-state index contributed by atoms with van der Waals surface area (Å²) in [6.07, 6.45) is 3.73. The Hall–Kier alpha value is -2.68. The Morgan fingerprint density at radius 1 is 1.34 bits per heavy atom. The Labute approximate surface area is 172 Å². The molecule has 2 fully saturated rings. The van der Waals surface area contributed by atoms with Gasteiger partial charge in [-0.25, -0.2) is 4.68 Å². The van der Waals surface area contributed by atoms with Crippen molar-refractivity contribution in [3.63, 3.8) is 0 Å². The number of hydrogen-bond donors (Lipinski definition) is 2. The molecule has 1 aliphatic carbocycles. The summed E-state index contributed by atoms with van der Waals surface area (Å²) < 4.78 is 1.12. The number of fused-ring (bicyclic) bond motifs is 1. The molecule has 1 saturated heterocycles. The highest BCUT2D eigenvalue weighted by Gasteiger charge is 2.49. The van der Waals surface area contributed by atoms with Gasteiger partial charge in [0.15, 0.2) is 0 Å². The number of nitrogens with two attached hydrogens (primary N) is 1. The number of nitrogens with one attached hydrogen (secondary N) is 1. The van der Waals surface area contributed by atoms with E-state index in [2.05, 4.69) is 10.4 Å². The fraction of sp³-hybridized carbons (Fsp3) is 0.500. The van der Waals surface area contributed by atoms with Gasteiger partial charge in [0.2, 0.25) is 11.8 Å². The van der Waals surface area contributed by atoms with Crippen LogP contribution >= 0.6 is 11.3 Å². The monoisotopic (exact) mass is 415 g/mol. The Balaban J connectivity index is 1.67. The zero-order chi connectivity index (χ0) is 20.8. The topological polar surface area (TPSA) is 110 Å². The van der Waals surface area contributed by atoms with Crippen LogP contribution in [0.2, 0.25) is 0 Å². The first kappa shape index (κ1) is 19.6. The smallest absolute Gasteiger partial charge is 0.290 e. The molecule has 9 heteroatoms. The standard InChI is InChI=1S/C20H25N5O3S/c1-20(2)19(28)22-13-6-3-4-7-15(13)25(20)17(26)11-24-18(27)12(21)10-14(23-24)16-8-5-9-29-16/h5,8-10,13,15H,3-4,6-7,11,21H2,1-2H3,(H,22,28)/t13-,15+/m1/s1. The molecule has 3 heterocycles. The number of rotatable bonds is 3. The first-order chi connectivity index (χ1) is 13.8. The molecule has 0 radical (unpaired) electrons. The van der Waals surface area contributed by atoms with Gasteiger partial charge in [0.1, 0.15) is 23.5 Å². The average Bonchev–Trinajstić information content (AvgIpc) is 3.20. The lowest BCUT2D eigenvalue weighted by Crippen LogP contribution is -2.72. The van der Waals surface area contributed by atoms with E-state index in [0.717, 1.165) is 35.2 Å². The van der Waals surface area contributed by atoms with Gasteiger partial charge in [-0.15, -0.1) is 11.3 Å². The average molecular weight is 416 g/mol. The number of nitrogen functional groups attached to an aromatic ring is 1. The van der Waals surface area contributed by atoms with E-state index in [-0.39, 0.29) is 36.1 Å². The highest BCUT2D eigenvalue weighted by Crippen LogP contribution is 2.33. The zero-order valence-electron chi connectivity index (χ0n) is 16.6. The highest BCUT2D eigenvalue weighted by molar-refractivity contribution is 7.13. The molecule has 2 atom stereocenters. The molecule has 4 rings (SSSR count). The summed E-state index contributed by atoms with van der Waals surface area (Å²) in [5.74, 6) is -0.458. The number of aromatic nitrogens is 2. The molecule has 2 aliphatic rings. The Morgan fingerprint density at radius 3 is 2.83 bits per heavy atom. The number of amides is 2. The third-order valence-electron chi connectivity index (χ3n) is 5.86. The highest BCUT2D eigenvalue weighted by atomic mass is 32.1. The molecule has 0 spiro atoms. The zero-order valence-corrected chi connectivity index (χ0v) is 17.4. The second kappa shape index (κ2) is 7.29. The molecule has 0 unspecified atom stereocenters. The molecule has 1 aliphatic heterocycles. The van der Waals surface area contributed by atoms with E-state index >= 15 is 0 Å². The Morgan fingerprint density at radius 2 is 2.10 bits per heavy atom. The Kier molecular flexibility index (Phi) is 4.94. The predicted octanol–water partition coefficient (Wildman–Crippen LogP) is 1.60. The van der Waals surface area contributed by atoms with Crippen molar-refractivity contribution >= 4 is 28.8 Å². The van der Waals surface area contributed by atoms with E-state index in [9.17, 15) is 14.4 Å². The van der Waals surface area contributed by atoms with Crippen LogP contribution in [0.25, 0.3) is 10.6 Å². The molecule has 2 aromatic heterocycles. The molecule has 3 N–H and O–H groups in total. The SMILES string of the molecule is CC1(C)C(=O)N[C@@H]2CCCC[C@@H]2N1C(=O)Cn1nc(-c2cccs2)cc(N)c1=O. The van der Waals surface area contributed by atoms with Gasteiger partial charge in [0.25, 0.3) is 5.56 Å². The van der Waals surface area contributed by atoms with Crippen LogP contribution in [-0.4, -0.2) is 44.1 Å². The summed E-state index contributed by atoms with van der Waals surface area (Å²) in [5, 5.41) is 9.35. The van der Waals surface area contributed by atoms with Crippen LogP contribution in [0, 0.1) is 0 Å². The molecular weight excluding hydrogens is 390 g/mol. The van der Waals surface area contributed by atoms with Crippen molar-refractivity contribution in [1.29, 1.82) is 0 Å². The largest absolute Gasteiger partial charge is 0.394 e. The van der Waals surface area contributed by atoms with Gasteiger partial charge in [-0.3, -0.25) is 14.4 Å². The van der Waals surface area contributed by atoms with Crippen LogP contribution in [0.5, 0.6) is 0 Å². The quantitative estimate of drug-likeness (QED) is 0.791. The summed E-state index contributed by atoms with van der Waals surface area (Å²) >= 11 is 1.48. The minimum absolute atomic E-state index is 0.0413. The van der Waals surface area contributed by atoms with Crippen molar-refractivity contribution in [3.8, 4) is 10.6 Å². The van der Waals surface area contributed by atoms with Crippen molar-refractivity contribution in [2.75, 3.05) is 5.73 Å². The second-order valence-corrected chi connectivity index (χ2v) is 9.13. The maximum Gasteiger partial charge on any atom is 0.290 e. The Bertz CT molecular complexity index is 998. The lowest BCUT2D eigenvalue weighted by Gasteiger charge is -2.52. The third-order valence-corrected chi connectivity index (χ3v) is 6.76. The van der Waals surface area contributed by atoms with Crippen LogP contribution in [0.1, 0.15) is 39.5 Å². The molecule has 2 amide bonds. The van der Waals surface area contributed by atoms with E-state index in [1.807, 2.05) is 17.5 Å². The number of carbonyl (C=O) groups is 2. The van der Waals surface area contributed by atoms with Crippen molar-refractivity contribution in [2.45, 2.75) is 63.7 Å². The van der Waals surface area contributed by atoms with Crippen molar-refractivity contribution in [2.24, 2.45) is 0 Å². The number of carbonyl (C=O) groups excluding carboxylic acids is 2. The molecule has 1 saturated carbocycles.